The van der Waals surface area contributed by atoms with Crippen molar-refractivity contribution in [2.75, 3.05) is 19.6 Å². The largest absolute Gasteiger partial charge is 0.330 e. The van der Waals surface area contributed by atoms with E-state index in [2.05, 4.69) is 53.8 Å². The summed E-state index contributed by atoms with van der Waals surface area (Å²) < 4.78 is 0. The van der Waals surface area contributed by atoms with Crippen molar-refractivity contribution in [1.29, 1.82) is 0 Å². The third-order valence-corrected chi connectivity index (χ3v) is 5.38. The Labute approximate surface area is 137 Å². The quantitative estimate of drug-likeness (QED) is 0.906. The Morgan fingerprint density at radius 3 is 2.68 bits per heavy atom. The molecule has 1 heterocycles. The lowest BCUT2D eigenvalue weighted by atomic mass is 9.70. The molecular formula is C19H23ClN2. The molecule has 0 aromatic heterocycles. The second kappa shape index (κ2) is 6.41. The van der Waals surface area contributed by atoms with Crippen molar-refractivity contribution in [3.63, 3.8) is 0 Å². The Kier molecular flexibility index (Phi) is 4.53. The third-order valence-electron chi connectivity index (χ3n) is 4.97. The van der Waals surface area contributed by atoms with Crippen molar-refractivity contribution < 1.29 is 0 Å². The van der Waals surface area contributed by atoms with Crippen LogP contribution in [0.25, 0.3) is 0 Å². The van der Waals surface area contributed by atoms with Gasteiger partial charge in [-0.3, -0.25) is 0 Å². The van der Waals surface area contributed by atoms with E-state index in [0.717, 1.165) is 30.1 Å². The summed E-state index contributed by atoms with van der Waals surface area (Å²) in [5.41, 5.74) is 10.1. The maximum absolute atomic E-state index is 6.34. The highest BCUT2D eigenvalue weighted by atomic mass is 35.5. The minimum Gasteiger partial charge on any atom is -0.330 e. The molecule has 2 aromatic rings. The van der Waals surface area contributed by atoms with Gasteiger partial charge in [-0.2, -0.15) is 0 Å². The van der Waals surface area contributed by atoms with Crippen LogP contribution >= 0.6 is 11.6 Å². The van der Waals surface area contributed by atoms with E-state index >= 15 is 0 Å². The lowest BCUT2D eigenvalue weighted by molar-refractivity contribution is 0.293. The molecule has 0 radical (unpaired) electrons. The predicted molar refractivity (Wildman–Crippen MR) is 93.4 cm³/mol. The zero-order valence-corrected chi connectivity index (χ0v) is 13.7. The number of hydrogen-bond donors (Lipinski definition) is 2. The van der Waals surface area contributed by atoms with Gasteiger partial charge in [-0.1, -0.05) is 54.1 Å². The second-order valence-corrected chi connectivity index (χ2v) is 6.83. The molecular weight excluding hydrogens is 292 g/mol. The molecule has 116 valence electrons. The Hall–Kier alpha value is -1.35. The molecule has 1 saturated heterocycles. The van der Waals surface area contributed by atoms with Gasteiger partial charge in [0, 0.05) is 36.0 Å². The Balaban J connectivity index is 1.93. The van der Waals surface area contributed by atoms with E-state index in [-0.39, 0.29) is 5.41 Å². The third kappa shape index (κ3) is 2.91. The molecule has 2 nitrogen and oxygen atoms in total. The molecule has 0 spiro atoms. The fraction of sp³-hybridized carbons (Fsp3) is 0.368. The monoisotopic (exact) mass is 314 g/mol. The van der Waals surface area contributed by atoms with E-state index in [1.165, 1.54) is 11.1 Å². The van der Waals surface area contributed by atoms with Gasteiger partial charge >= 0.3 is 0 Å². The minimum atomic E-state index is 0.0555. The first-order chi connectivity index (χ1) is 10.6. The summed E-state index contributed by atoms with van der Waals surface area (Å²) >= 11 is 6.34. The molecule has 2 atom stereocenters. The normalized spacial score (nSPS) is 24.6. The molecule has 1 fully saturated rings. The van der Waals surface area contributed by atoms with Crippen molar-refractivity contribution in [3.8, 4) is 0 Å². The standard InChI is InChI=1S/C19H23ClN2/c1-14-7-8-16(9-18(14)20)17-11-22-13-19(17,12-21)10-15-5-3-2-4-6-15/h2-9,17,22H,10-13,21H2,1H3/t17-,19+/m0/s1. The maximum Gasteiger partial charge on any atom is 0.0438 e. The van der Waals surface area contributed by atoms with Crippen molar-refractivity contribution in [1.82, 2.24) is 5.32 Å². The van der Waals surface area contributed by atoms with Crippen LogP contribution in [0.5, 0.6) is 0 Å². The maximum atomic E-state index is 6.34. The highest BCUT2D eigenvalue weighted by molar-refractivity contribution is 6.31. The molecule has 1 aliphatic heterocycles. The molecule has 0 saturated carbocycles. The highest BCUT2D eigenvalue weighted by Gasteiger charge is 2.42. The van der Waals surface area contributed by atoms with E-state index in [1.807, 2.05) is 6.92 Å². The minimum absolute atomic E-state index is 0.0555. The summed E-state index contributed by atoms with van der Waals surface area (Å²) in [5.74, 6) is 0.399. The summed E-state index contributed by atoms with van der Waals surface area (Å²) in [6.07, 6.45) is 0.994. The molecule has 3 rings (SSSR count). The smallest absolute Gasteiger partial charge is 0.0438 e. The fourth-order valence-electron chi connectivity index (χ4n) is 3.58. The lowest BCUT2D eigenvalue weighted by Crippen LogP contribution is -2.39. The molecule has 22 heavy (non-hydrogen) atoms. The van der Waals surface area contributed by atoms with Gasteiger partial charge in [-0.25, -0.2) is 0 Å². The molecule has 3 heteroatoms. The van der Waals surface area contributed by atoms with Crippen LogP contribution in [0.2, 0.25) is 5.02 Å². The van der Waals surface area contributed by atoms with Gasteiger partial charge in [0.05, 0.1) is 0 Å². The van der Waals surface area contributed by atoms with Crippen molar-refractivity contribution >= 4 is 11.6 Å². The lowest BCUT2D eigenvalue weighted by Gasteiger charge is -2.34. The second-order valence-electron chi connectivity index (χ2n) is 6.42. The van der Waals surface area contributed by atoms with E-state index in [4.69, 9.17) is 17.3 Å². The van der Waals surface area contributed by atoms with Crippen LogP contribution in [0.4, 0.5) is 0 Å². The number of halogens is 1. The number of benzene rings is 2. The fourth-order valence-corrected chi connectivity index (χ4v) is 3.77. The number of hydrogen-bond acceptors (Lipinski definition) is 2. The first-order valence-corrected chi connectivity index (χ1v) is 8.23. The molecule has 0 bridgehead atoms. The Morgan fingerprint density at radius 1 is 1.23 bits per heavy atom. The summed E-state index contributed by atoms with van der Waals surface area (Å²) in [6.45, 7) is 4.63. The van der Waals surface area contributed by atoms with Crippen LogP contribution in [-0.2, 0) is 6.42 Å². The van der Waals surface area contributed by atoms with E-state index in [9.17, 15) is 0 Å². The first-order valence-electron chi connectivity index (χ1n) is 7.85. The SMILES string of the molecule is Cc1ccc([C@@H]2CNC[C@]2(CN)Cc2ccccc2)cc1Cl. The van der Waals surface area contributed by atoms with E-state index in [1.54, 1.807) is 0 Å². The van der Waals surface area contributed by atoms with Crippen LogP contribution in [-0.4, -0.2) is 19.6 Å². The average molecular weight is 315 g/mol. The zero-order chi connectivity index (χ0) is 15.6. The Morgan fingerprint density at radius 2 is 2.00 bits per heavy atom. The first kappa shape index (κ1) is 15.5. The van der Waals surface area contributed by atoms with Crippen LogP contribution in [0, 0.1) is 12.3 Å². The number of nitrogens with two attached hydrogens (primary N) is 1. The molecule has 2 aromatic carbocycles. The average Bonchev–Trinajstić information content (AvgIpc) is 2.95. The van der Waals surface area contributed by atoms with Gasteiger partial charge in [0.15, 0.2) is 0 Å². The van der Waals surface area contributed by atoms with Crippen molar-refractivity contribution in [2.24, 2.45) is 11.1 Å². The predicted octanol–water partition coefficient (Wildman–Crippen LogP) is 3.52. The van der Waals surface area contributed by atoms with Crippen LogP contribution in [0.3, 0.4) is 0 Å². The Bertz CT molecular complexity index is 641. The molecule has 0 aliphatic carbocycles. The van der Waals surface area contributed by atoms with Gasteiger partial charge in [0.1, 0.15) is 0 Å². The van der Waals surface area contributed by atoms with Gasteiger partial charge in [-0.05, 0) is 36.1 Å². The summed E-state index contributed by atoms with van der Waals surface area (Å²) in [4.78, 5) is 0. The zero-order valence-electron chi connectivity index (χ0n) is 13.0. The summed E-state index contributed by atoms with van der Waals surface area (Å²) in [6, 6.07) is 17.1. The molecule has 0 unspecified atom stereocenters. The van der Waals surface area contributed by atoms with Gasteiger partial charge in [0.2, 0.25) is 0 Å². The van der Waals surface area contributed by atoms with Crippen molar-refractivity contribution in [2.45, 2.75) is 19.3 Å². The van der Waals surface area contributed by atoms with Crippen LogP contribution in [0.15, 0.2) is 48.5 Å². The van der Waals surface area contributed by atoms with E-state index < -0.39 is 0 Å². The van der Waals surface area contributed by atoms with Crippen LogP contribution < -0.4 is 11.1 Å². The number of nitrogens with one attached hydrogen (secondary N) is 1. The van der Waals surface area contributed by atoms with Gasteiger partial charge < -0.3 is 11.1 Å². The van der Waals surface area contributed by atoms with Crippen molar-refractivity contribution in [3.05, 3.63) is 70.2 Å². The number of aryl methyl sites for hydroxylation is 1. The van der Waals surface area contributed by atoms with Gasteiger partial charge in [-0.15, -0.1) is 0 Å². The topological polar surface area (TPSA) is 38.0 Å². The molecule has 0 amide bonds. The van der Waals surface area contributed by atoms with Gasteiger partial charge in [0.25, 0.3) is 0 Å². The van der Waals surface area contributed by atoms with Crippen LogP contribution in [0.1, 0.15) is 22.6 Å². The molecule has 1 aliphatic rings. The van der Waals surface area contributed by atoms with E-state index in [0.29, 0.717) is 12.5 Å². The summed E-state index contributed by atoms with van der Waals surface area (Å²) in [5, 5.41) is 4.39. The molecule has 3 N–H and O–H groups in total. The highest BCUT2D eigenvalue weighted by Crippen LogP contribution is 2.42. The number of rotatable bonds is 4. The summed E-state index contributed by atoms with van der Waals surface area (Å²) in [7, 11) is 0.